The standard InChI is InChI=1S/C21H31F3N4.HI/c1-15(17-4-3-5-18(12-17)21(22,23)24)8-10-26-20(25-2)27-13-16-9-11-28(14-16)19-6-7-19;/h3-5,12,15-16,19H,6-11,13-14H2,1-2H3,(H2,25,26,27);1H. The van der Waals surface area contributed by atoms with Gasteiger partial charge in [-0.15, -0.1) is 24.0 Å². The highest BCUT2D eigenvalue weighted by Gasteiger charge is 2.34. The summed E-state index contributed by atoms with van der Waals surface area (Å²) in [6.07, 6.45) is 0.379. The number of aliphatic imine (C=N–C) groups is 1. The fourth-order valence-corrected chi connectivity index (χ4v) is 3.86. The van der Waals surface area contributed by atoms with E-state index in [1.54, 1.807) is 13.1 Å². The van der Waals surface area contributed by atoms with Gasteiger partial charge in [0, 0.05) is 32.7 Å². The maximum absolute atomic E-state index is 12.9. The zero-order valence-electron chi connectivity index (χ0n) is 17.1. The Morgan fingerprint density at radius 2 is 2.00 bits per heavy atom. The van der Waals surface area contributed by atoms with Crippen LogP contribution < -0.4 is 10.6 Å². The molecule has 8 heteroatoms. The first-order chi connectivity index (χ1) is 13.4. The Bertz CT molecular complexity index is 676. The van der Waals surface area contributed by atoms with Crippen molar-refractivity contribution in [3.8, 4) is 0 Å². The fraction of sp³-hybridized carbons (Fsp3) is 0.667. The van der Waals surface area contributed by atoms with Gasteiger partial charge in [0.25, 0.3) is 0 Å². The van der Waals surface area contributed by atoms with Gasteiger partial charge in [-0.2, -0.15) is 13.2 Å². The number of halogens is 4. The minimum atomic E-state index is -4.30. The van der Waals surface area contributed by atoms with Gasteiger partial charge in [-0.25, -0.2) is 0 Å². The number of guanidine groups is 1. The molecule has 164 valence electrons. The van der Waals surface area contributed by atoms with E-state index in [2.05, 4.69) is 20.5 Å². The van der Waals surface area contributed by atoms with E-state index in [0.29, 0.717) is 18.0 Å². The zero-order valence-corrected chi connectivity index (χ0v) is 19.5. The summed E-state index contributed by atoms with van der Waals surface area (Å²) in [7, 11) is 1.75. The van der Waals surface area contributed by atoms with Crippen molar-refractivity contribution >= 4 is 29.9 Å². The van der Waals surface area contributed by atoms with Crippen molar-refractivity contribution in [3.63, 3.8) is 0 Å². The third-order valence-electron chi connectivity index (χ3n) is 5.82. The van der Waals surface area contributed by atoms with Gasteiger partial charge in [-0.05, 0) is 55.7 Å². The van der Waals surface area contributed by atoms with Crippen LogP contribution in [0.4, 0.5) is 13.2 Å². The monoisotopic (exact) mass is 524 g/mol. The molecule has 1 saturated carbocycles. The molecule has 2 fully saturated rings. The Morgan fingerprint density at radius 3 is 2.66 bits per heavy atom. The second kappa shape index (κ2) is 10.8. The normalized spacial score (nSPS) is 21.6. The van der Waals surface area contributed by atoms with Gasteiger partial charge in [0.1, 0.15) is 0 Å². The van der Waals surface area contributed by atoms with Crippen LogP contribution >= 0.6 is 24.0 Å². The van der Waals surface area contributed by atoms with Gasteiger partial charge in [-0.3, -0.25) is 4.99 Å². The van der Waals surface area contributed by atoms with Crippen LogP contribution in [0.15, 0.2) is 29.3 Å². The van der Waals surface area contributed by atoms with Crippen molar-refractivity contribution in [2.75, 3.05) is 33.2 Å². The van der Waals surface area contributed by atoms with Gasteiger partial charge in [0.05, 0.1) is 5.56 Å². The van der Waals surface area contributed by atoms with Crippen LogP contribution in [0.3, 0.4) is 0 Å². The van der Waals surface area contributed by atoms with E-state index in [1.807, 2.05) is 6.92 Å². The minimum Gasteiger partial charge on any atom is -0.356 e. The smallest absolute Gasteiger partial charge is 0.356 e. The Morgan fingerprint density at radius 1 is 1.24 bits per heavy atom. The first-order valence-corrected chi connectivity index (χ1v) is 10.2. The van der Waals surface area contributed by atoms with E-state index in [0.717, 1.165) is 31.0 Å². The number of alkyl halides is 3. The SMILES string of the molecule is CN=C(NCCC(C)c1cccc(C(F)(F)F)c1)NCC1CCN(C2CC2)C1.I. The Hall–Kier alpha value is -1.03. The van der Waals surface area contributed by atoms with Crippen molar-refractivity contribution < 1.29 is 13.2 Å². The summed E-state index contributed by atoms with van der Waals surface area (Å²) in [6.45, 7) is 5.90. The predicted molar refractivity (Wildman–Crippen MR) is 122 cm³/mol. The van der Waals surface area contributed by atoms with E-state index in [9.17, 15) is 13.2 Å². The molecule has 3 rings (SSSR count). The Kier molecular flexibility index (Phi) is 9.06. The summed E-state index contributed by atoms with van der Waals surface area (Å²) in [5.74, 6) is 1.46. The van der Waals surface area contributed by atoms with E-state index in [1.165, 1.54) is 44.5 Å². The van der Waals surface area contributed by atoms with Crippen LogP contribution in [0.1, 0.15) is 49.7 Å². The quantitative estimate of drug-likeness (QED) is 0.314. The lowest BCUT2D eigenvalue weighted by molar-refractivity contribution is -0.137. The maximum Gasteiger partial charge on any atom is 0.416 e. The number of hydrogen-bond acceptors (Lipinski definition) is 2. The fourth-order valence-electron chi connectivity index (χ4n) is 3.86. The number of nitrogens with zero attached hydrogens (tertiary/aromatic N) is 2. The molecule has 1 saturated heterocycles. The second-order valence-electron chi connectivity index (χ2n) is 8.07. The summed E-state index contributed by atoms with van der Waals surface area (Å²) in [5.41, 5.74) is 0.129. The van der Waals surface area contributed by atoms with E-state index in [4.69, 9.17) is 0 Å². The highest BCUT2D eigenvalue weighted by atomic mass is 127. The molecule has 2 aliphatic rings. The van der Waals surface area contributed by atoms with Crippen LogP contribution in [0.5, 0.6) is 0 Å². The van der Waals surface area contributed by atoms with Gasteiger partial charge >= 0.3 is 6.18 Å². The van der Waals surface area contributed by atoms with Gasteiger partial charge in [0.15, 0.2) is 5.96 Å². The molecule has 29 heavy (non-hydrogen) atoms. The zero-order chi connectivity index (χ0) is 20.1. The molecule has 0 spiro atoms. The lowest BCUT2D eigenvalue weighted by Gasteiger charge is -2.18. The number of nitrogens with one attached hydrogen (secondary N) is 2. The molecule has 0 bridgehead atoms. The second-order valence-corrected chi connectivity index (χ2v) is 8.07. The molecule has 1 aromatic rings. The molecule has 1 aromatic carbocycles. The molecule has 2 atom stereocenters. The third kappa shape index (κ3) is 7.31. The van der Waals surface area contributed by atoms with Gasteiger partial charge in [-0.1, -0.05) is 25.1 Å². The van der Waals surface area contributed by atoms with Gasteiger partial charge < -0.3 is 15.5 Å². The summed E-state index contributed by atoms with van der Waals surface area (Å²) in [5, 5.41) is 6.69. The number of likely N-dealkylation sites (tertiary alicyclic amines) is 1. The maximum atomic E-state index is 12.9. The van der Waals surface area contributed by atoms with Crippen molar-refractivity contribution in [1.82, 2.24) is 15.5 Å². The highest BCUT2D eigenvalue weighted by molar-refractivity contribution is 14.0. The average molecular weight is 524 g/mol. The van der Waals surface area contributed by atoms with Crippen molar-refractivity contribution in [3.05, 3.63) is 35.4 Å². The molecule has 0 amide bonds. The third-order valence-corrected chi connectivity index (χ3v) is 5.82. The first kappa shape index (κ1) is 24.2. The molecule has 1 aliphatic heterocycles. The molecule has 0 radical (unpaired) electrons. The van der Waals surface area contributed by atoms with Crippen molar-refractivity contribution in [1.29, 1.82) is 0 Å². The van der Waals surface area contributed by atoms with Crippen molar-refractivity contribution in [2.24, 2.45) is 10.9 Å². The van der Waals surface area contributed by atoms with Crippen LogP contribution in [-0.4, -0.2) is 50.1 Å². The Balaban J connectivity index is 0.00000300. The number of benzene rings is 1. The van der Waals surface area contributed by atoms with Crippen LogP contribution in [0.2, 0.25) is 0 Å². The number of hydrogen-bond donors (Lipinski definition) is 2. The minimum absolute atomic E-state index is 0. The van der Waals surface area contributed by atoms with Crippen LogP contribution in [0, 0.1) is 5.92 Å². The lowest BCUT2D eigenvalue weighted by Crippen LogP contribution is -2.40. The van der Waals surface area contributed by atoms with E-state index >= 15 is 0 Å². The molecule has 1 aliphatic carbocycles. The molecule has 4 nitrogen and oxygen atoms in total. The van der Waals surface area contributed by atoms with Crippen LogP contribution in [0.25, 0.3) is 0 Å². The molecule has 1 heterocycles. The summed E-state index contributed by atoms with van der Waals surface area (Å²) in [4.78, 5) is 6.86. The topological polar surface area (TPSA) is 39.7 Å². The Labute approximate surface area is 188 Å². The van der Waals surface area contributed by atoms with Crippen LogP contribution in [-0.2, 0) is 6.18 Å². The molecule has 2 N–H and O–H groups in total. The van der Waals surface area contributed by atoms with Gasteiger partial charge in [0.2, 0.25) is 0 Å². The van der Waals surface area contributed by atoms with E-state index in [-0.39, 0.29) is 29.9 Å². The molecular weight excluding hydrogens is 492 g/mol. The first-order valence-electron chi connectivity index (χ1n) is 10.2. The molecular formula is C21H32F3IN4. The largest absolute Gasteiger partial charge is 0.416 e. The summed E-state index contributed by atoms with van der Waals surface area (Å²) < 4.78 is 38.6. The number of rotatable bonds is 7. The molecule has 0 aromatic heterocycles. The molecule has 2 unspecified atom stereocenters. The average Bonchev–Trinajstić information content (AvgIpc) is 3.42. The summed E-state index contributed by atoms with van der Waals surface area (Å²) in [6, 6.07) is 6.45. The van der Waals surface area contributed by atoms with E-state index < -0.39 is 11.7 Å². The predicted octanol–water partition coefficient (Wildman–Crippen LogP) is 4.47. The lowest BCUT2D eigenvalue weighted by atomic mass is 9.96. The summed E-state index contributed by atoms with van der Waals surface area (Å²) >= 11 is 0. The van der Waals surface area contributed by atoms with Crippen molar-refractivity contribution in [2.45, 2.75) is 50.7 Å². The highest BCUT2D eigenvalue weighted by Crippen LogP contribution is 2.32.